The van der Waals surface area contributed by atoms with E-state index in [1.54, 1.807) is 19.2 Å². The second kappa shape index (κ2) is 8.95. The van der Waals surface area contributed by atoms with E-state index in [1.807, 2.05) is 26.0 Å². The molecule has 1 aromatic heterocycles. The molecule has 0 saturated carbocycles. The maximum Gasteiger partial charge on any atom is 0.416 e. The largest absolute Gasteiger partial charge is 0.416 e. The first-order valence-corrected chi connectivity index (χ1v) is 10.2. The van der Waals surface area contributed by atoms with Crippen LogP contribution in [-0.4, -0.2) is 23.0 Å². The first-order valence-electron chi connectivity index (χ1n) is 9.22. The molecule has 0 fully saturated rings. The van der Waals surface area contributed by atoms with Gasteiger partial charge in [-0.25, -0.2) is 0 Å². The molecule has 30 heavy (non-hydrogen) atoms. The monoisotopic (exact) mass is 434 g/mol. The number of halogens is 3. The zero-order valence-corrected chi connectivity index (χ0v) is 17.6. The molecule has 3 rings (SSSR count). The normalized spacial score (nSPS) is 11.5. The van der Waals surface area contributed by atoms with Crippen LogP contribution < -0.4 is 0 Å². The van der Waals surface area contributed by atoms with Crippen LogP contribution >= 0.6 is 11.8 Å². The van der Waals surface area contributed by atoms with Crippen molar-refractivity contribution in [1.82, 2.24) is 10.1 Å². The molecule has 0 aliphatic rings. The summed E-state index contributed by atoms with van der Waals surface area (Å²) in [6, 6.07) is 12.1. The molecule has 0 radical (unpaired) electrons. The van der Waals surface area contributed by atoms with Crippen LogP contribution in [0, 0.1) is 13.8 Å². The number of nitrogens with zero attached hydrogens (tertiary/aromatic N) is 2. The Bertz CT molecular complexity index is 1010. The van der Waals surface area contributed by atoms with Crippen molar-refractivity contribution in [3.05, 3.63) is 82.2 Å². The molecule has 0 unspecified atom stereocenters. The summed E-state index contributed by atoms with van der Waals surface area (Å²) in [5.41, 5.74) is 2.29. The van der Waals surface area contributed by atoms with Crippen molar-refractivity contribution in [2.75, 3.05) is 7.05 Å². The molecule has 1 heterocycles. The van der Waals surface area contributed by atoms with Gasteiger partial charge in [0.15, 0.2) is 0 Å². The van der Waals surface area contributed by atoms with Crippen LogP contribution in [0.3, 0.4) is 0 Å². The maximum absolute atomic E-state index is 13.0. The molecule has 0 bridgehead atoms. The highest BCUT2D eigenvalue weighted by atomic mass is 32.2. The van der Waals surface area contributed by atoms with Crippen molar-refractivity contribution in [1.29, 1.82) is 0 Å². The van der Waals surface area contributed by atoms with Crippen LogP contribution in [0.4, 0.5) is 13.2 Å². The zero-order valence-electron chi connectivity index (χ0n) is 16.8. The number of aryl methyl sites for hydroxylation is 2. The Kier molecular flexibility index (Phi) is 6.55. The Balaban J connectivity index is 1.71. The van der Waals surface area contributed by atoms with Crippen LogP contribution in [0.5, 0.6) is 0 Å². The van der Waals surface area contributed by atoms with E-state index in [4.69, 9.17) is 4.52 Å². The van der Waals surface area contributed by atoms with Gasteiger partial charge in [0.05, 0.1) is 16.8 Å². The van der Waals surface area contributed by atoms with Gasteiger partial charge in [-0.05, 0) is 43.7 Å². The third-order valence-electron chi connectivity index (χ3n) is 4.72. The van der Waals surface area contributed by atoms with Gasteiger partial charge in [0, 0.05) is 29.8 Å². The highest BCUT2D eigenvalue weighted by Gasteiger charge is 2.30. The minimum atomic E-state index is -4.38. The molecule has 1 amide bonds. The number of rotatable bonds is 6. The molecule has 0 spiro atoms. The lowest BCUT2D eigenvalue weighted by Gasteiger charge is -2.19. The number of aromatic nitrogens is 1. The molecule has 0 aliphatic heterocycles. The van der Waals surface area contributed by atoms with Gasteiger partial charge in [0.25, 0.3) is 5.91 Å². The lowest BCUT2D eigenvalue weighted by molar-refractivity contribution is -0.137. The van der Waals surface area contributed by atoms with Crippen molar-refractivity contribution >= 4 is 17.7 Å². The molecule has 8 heteroatoms. The Hall–Kier alpha value is -2.74. The van der Waals surface area contributed by atoms with E-state index in [0.717, 1.165) is 34.0 Å². The fraction of sp³-hybridized carbons (Fsp3) is 0.273. The minimum absolute atomic E-state index is 0.197. The van der Waals surface area contributed by atoms with Crippen molar-refractivity contribution in [2.24, 2.45) is 0 Å². The summed E-state index contributed by atoms with van der Waals surface area (Å²) >= 11 is 1.52. The summed E-state index contributed by atoms with van der Waals surface area (Å²) in [5.74, 6) is 1.17. The lowest BCUT2D eigenvalue weighted by Crippen LogP contribution is -2.26. The topological polar surface area (TPSA) is 46.3 Å². The molecule has 0 N–H and O–H groups in total. The van der Waals surface area contributed by atoms with Gasteiger partial charge in [0.2, 0.25) is 0 Å². The van der Waals surface area contributed by atoms with E-state index >= 15 is 0 Å². The summed E-state index contributed by atoms with van der Waals surface area (Å²) < 4.78 is 43.4. The standard InChI is InChI=1S/C22H21F3N2O2S/c1-14-19(15(2)29-26-14)13-30-20-7-5-4-6-18(20)21(28)27(3)12-16-8-10-17(11-9-16)22(23,24)25/h4-11H,12-13H2,1-3H3. The van der Waals surface area contributed by atoms with Crippen LogP contribution in [0.15, 0.2) is 57.9 Å². The van der Waals surface area contributed by atoms with E-state index < -0.39 is 11.7 Å². The number of alkyl halides is 3. The first kappa shape index (κ1) is 22.0. The number of thioether (sulfide) groups is 1. The van der Waals surface area contributed by atoms with Crippen molar-refractivity contribution < 1.29 is 22.5 Å². The van der Waals surface area contributed by atoms with E-state index in [-0.39, 0.29) is 12.5 Å². The SMILES string of the molecule is Cc1noc(C)c1CSc1ccccc1C(=O)N(C)Cc1ccc(C(F)(F)F)cc1. The van der Waals surface area contributed by atoms with Gasteiger partial charge < -0.3 is 9.42 Å². The quantitative estimate of drug-likeness (QED) is 0.455. The van der Waals surface area contributed by atoms with Crippen molar-refractivity contribution in [2.45, 2.75) is 37.2 Å². The Morgan fingerprint density at radius 1 is 1.10 bits per heavy atom. The van der Waals surface area contributed by atoms with Gasteiger partial charge in [-0.15, -0.1) is 11.8 Å². The number of hydrogen-bond donors (Lipinski definition) is 0. The summed E-state index contributed by atoms with van der Waals surface area (Å²) in [7, 11) is 1.63. The Morgan fingerprint density at radius 2 is 1.77 bits per heavy atom. The third-order valence-corrected chi connectivity index (χ3v) is 5.82. The van der Waals surface area contributed by atoms with Gasteiger partial charge in [-0.3, -0.25) is 4.79 Å². The molecule has 4 nitrogen and oxygen atoms in total. The Morgan fingerprint density at radius 3 is 2.37 bits per heavy atom. The van der Waals surface area contributed by atoms with E-state index in [2.05, 4.69) is 5.16 Å². The average Bonchev–Trinajstić information content (AvgIpc) is 3.03. The summed E-state index contributed by atoms with van der Waals surface area (Å²) in [4.78, 5) is 15.3. The van der Waals surface area contributed by atoms with Crippen molar-refractivity contribution in [3.63, 3.8) is 0 Å². The number of carbonyl (C=O) groups excluding carboxylic acids is 1. The molecule has 2 aromatic carbocycles. The smallest absolute Gasteiger partial charge is 0.361 e. The molecular formula is C22H21F3N2O2S. The highest BCUT2D eigenvalue weighted by Crippen LogP contribution is 2.31. The molecule has 0 atom stereocenters. The number of amides is 1. The summed E-state index contributed by atoms with van der Waals surface area (Å²) in [5, 5.41) is 3.95. The summed E-state index contributed by atoms with van der Waals surface area (Å²) in [6.07, 6.45) is -4.38. The number of hydrogen-bond acceptors (Lipinski definition) is 4. The number of carbonyl (C=O) groups is 1. The molecule has 158 valence electrons. The zero-order chi connectivity index (χ0) is 21.9. The van der Waals surface area contributed by atoms with Crippen molar-refractivity contribution in [3.8, 4) is 0 Å². The highest BCUT2D eigenvalue weighted by molar-refractivity contribution is 7.98. The fourth-order valence-corrected chi connectivity index (χ4v) is 4.18. The van der Waals surface area contributed by atoms with Gasteiger partial charge >= 0.3 is 6.18 Å². The number of benzene rings is 2. The van der Waals surface area contributed by atoms with E-state index in [9.17, 15) is 18.0 Å². The third kappa shape index (κ3) is 5.05. The fourth-order valence-electron chi connectivity index (χ4n) is 2.98. The van der Waals surface area contributed by atoms with E-state index in [1.165, 1.54) is 28.8 Å². The van der Waals surface area contributed by atoms with Gasteiger partial charge in [-0.1, -0.05) is 29.4 Å². The minimum Gasteiger partial charge on any atom is -0.361 e. The Labute approximate surface area is 177 Å². The van der Waals surface area contributed by atoms with Crippen LogP contribution in [0.2, 0.25) is 0 Å². The maximum atomic E-state index is 13.0. The van der Waals surface area contributed by atoms with Crippen LogP contribution in [0.25, 0.3) is 0 Å². The second-order valence-electron chi connectivity index (χ2n) is 6.94. The first-order chi connectivity index (χ1) is 14.2. The predicted molar refractivity (Wildman–Crippen MR) is 109 cm³/mol. The van der Waals surface area contributed by atoms with Crippen LogP contribution in [0.1, 0.15) is 38.5 Å². The molecule has 3 aromatic rings. The lowest BCUT2D eigenvalue weighted by atomic mass is 10.1. The molecule has 0 saturated heterocycles. The van der Waals surface area contributed by atoms with Gasteiger partial charge in [-0.2, -0.15) is 13.2 Å². The summed E-state index contributed by atoms with van der Waals surface area (Å²) in [6.45, 7) is 3.94. The van der Waals surface area contributed by atoms with Gasteiger partial charge in [0.1, 0.15) is 5.76 Å². The second-order valence-corrected chi connectivity index (χ2v) is 7.96. The van der Waals surface area contributed by atoms with Crippen LogP contribution in [-0.2, 0) is 18.5 Å². The average molecular weight is 434 g/mol. The molecular weight excluding hydrogens is 413 g/mol. The molecule has 0 aliphatic carbocycles. The van der Waals surface area contributed by atoms with E-state index in [0.29, 0.717) is 16.9 Å². The predicted octanol–water partition coefficient (Wildman–Crippen LogP) is 5.87.